The van der Waals surface area contributed by atoms with Gasteiger partial charge in [0.1, 0.15) is 5.82 Å². The van der Waals surface area contributed by atoms with E-state index in [1.165, 1.54) is 6.07 Å². The van der Waals surface area contributed by atoms with Crippen molar-refractivity contribution in [3.63, 3.8) is 0 Å². The number of carbonyl (C=O) groups excluding carboxylic acids is 1. The molecule has 1 saturated carbocycles. The van der Waals surface area contributed by atoms with Crippen molar-refractivity contribution in [3.05, 3.63) is 34.1 Å². The molecule has 0 amide bonds. The highest BCUT2D eigenvalue weighted by Gasteiger charge is 2.40. The molecule has 0 bridgehead atoms. The first kappa shape index (κ1) is 13.5. The Morgan fingerprint density at radius 1 is 1.39 bits per heavy atom. The molecule has 1 fully saturated rings. The summed E-state index contributed by atoms with van der Waals surface area (Å²) in [6.07, 6.45) is 4.87. The average molecular weight is 269 g/mol. The third-order valence-corrected chi connectivity index (χ3v) is 4.52. The number of benzene rings is 1. The highest BCUT2D eigenvalue weighted by molar-refractivity contribution is 6.34. The molecule has 1 aromatic rings. The van der Waals surface area contributed by atoms with E-state index in [-0.39, 0.29) is 22.0 Å². The molecule has 1 nitrogen and oxygen atoms in total. The molecule has 18 heavy (non-hydrogen) atoms. The number of hydrogen-bond donors (Lipinski definition) is 0. The molecule has 1 aliphatic carbocycles. The van der Waals surface area contributed by atoms with Crippen LogP contribution >= 0.6 is 11.6 Å². The van der Waals surface area contributed by atoms with Gasteiger partial charge < -0.3 is 0 Å². The van der Waals surface area contributed by atoms with Gasteiger partial charge in [-0.3, -0.25) is 4.79 Å². The summed E-state index contributed by atoms with van der Waals surface area (Å²) in [5.74, 6) is -0.260. The van der Waals surface area contributed by atoms with Crippen LogP contribution in [0.3, 0.4) is 0 Å². The zero-order valence-electron chi connectivity index (χ0n) is 10.9. The molecule has 1 aliphatic rings. The van der Waals surface area contributed by atoms with E-state index in [0.29, 0.717) is 11.1 Å². The Kier molecular flexibility index (Phi) is 3.76. The molecule has 0 aromatic heterocycles. The highest BCUT2D eigenvalue weighted by Crippen LogP contribution is 2.44. The standard InChI is InChI=1S/C15H18ClFO/c1-3-15(6-4-5-7-15)14(18)11-8-10(2)13(17)9-12(11)16/h8-9H,3-7H2,1-2H3. The van der Waals surface area contributed by atoms with Crippen LogP contribution in [0.25, 0.3) is 0 Å². The number of ketones is 1. The summed E-state index contributed by atoms with van der Waals surface area (Å²) in [5, 5.41) is 0.239. The number of Topliss-reactive ketones (excluding diaryl/α,β-unsaturated/α-hetero) is 1. The summed E-state index contributed by atoms with van der Waals surface area (Å²) in [7, 11) is 0. The third-order valence-electron chi connectivity index (χ3n) is 4.21. The summed E-state index contributed by atoms with van der Waals surface area (Å²) in [5.41, 5.74) is 0.694. The minimum Gasteiger partial charge on any atom is -0.294 e. The maximum absolute atomic E-state index is 13.4. The lowest BCUT2D eigenvalue weighted by molar-refractivity contribution is 0.0791. The maximum atomic E-state index is 13.4. The fourth-order valence-electron chi connectivity index (χ4n) is 2.91. The molecule has 1 aromatic carbocycles. The third kappa shape index (κ3) is 2.18. The topological polar surface area (TPSA) is 17.1 Å². The monoisotopic (exact) mass is 268 g/mol. The molecule has 0 atom stereocenters. The van der Waals surface area contributed by atoms with Crippen LogP contribution in [0.15, 0.2) is 12.1 Å². The molecule has 98 valence electrons. The number of halogens is 2. The second-order valence-electron chi connectivity index (χ2n) is 5.25. The lowest BCUT2D eigenvalue weighted by Gasteiger charge is -2.26. The van der Waals surface area contributed by atoms with Crippen molar-refractivity contribution in [2.45, 2.75) is 46.0 Å². The first-order valence-electron chi connectivity index (χ1n) is 6.50. The molecule has 0 saturated heterocycles. The van der Waals surface area contributed by atoms with Crippen LogP contribution in [0.2, 0.25) is 5.02 Å². The van der Waals surface area contributed by atoms with Crippen LogP contribution in [0, 0.1) is 18.2 Å². The molecular formula is C15H18ClFO. The molecule has 0 N–H and O–H groups in total. The Morgan fingerprint density at radius 2 is 2.00 bits per heavy atom. The van der Waals surface area contributed by atoms with E-state index >= 15 is 0 Å². The van der Waals surface area contributed by atoms with E-state index < -0.39 is 0 Å². The van der Waals surface area contributed by atoms with Crippen molar-refractivity contribution in [2.24, 2.45) is 5.41 Å². The van der Waals surface area contributed by atoms with E-state index in [0.717, 1.165) is 32.1 Å². The molecular weight excluding hydrogens is 251 g/mol. The lowest BCUT2D eigenvalue weighted by atomic mass is 9.76. The van der Waals surface area contributed by atoms with Crippen molar-refractivity contribution in [1.82, 2.24) is 0 Å². The highest BCUT2D eigenvalue weighted by atomic mass is 35.5. The van der Waals surface area contributed by atoms with Gasteiger partial charge in [0.05, 0.1) is 5.02 Å². The normalized spacial score (nSPS) is 18.0. The van der Waals surface area contributed by atoms with Gasteiger partial charge in [-0.25, -0.2) is 4.39 Å². The molecule has 2 rings (SSSR count). The van der Waals surface area contributed by atoms with Gasteiger partial charge in [0.2, 0.25) is 0 Å². The maximum Gasteiger partial charge on any atom is 0.170 e. The smallest absolute Gasteiger partial charge is 0.170 e. The van der Waals surface area contributed by atoms with E-state index in [9.17, 15) is 9.18 Å². The van der Waals surface area contributed by atoms with Gasteiger partial charge in [0, 0.05) is 11.0 Å². The minimum absolute atomic E-state index is 0.0931. The minimum atomic E-state index is -0.353. The summed E-state index contributed by atoms with van der Waals surface area (Å²) >= 11 is 6.03. The summed E-state index contributed by atoms with van der Waals surface area (Å²) < 4.78 is 13.4. The zero-order chi connectivity index (χ0) is 13.3. The van der Waals surface area contributed by atoms with Crippen molar-refractivity contribution >= 4 is 17.4 Å². The summed E-state index contributed by atoms with van der Waals surface area (Å²) in [4.78, 5) is 12.7. The van der Waals surface area contributed by atoms with Crippen molar-refractivity contribution in [3.8, 4) is 0 Å². The molecule has 0 unspecified atom stereocenters. The predicted molar refractivity (Wildman–Crippen MR) is 71.7 cm³/mol. The second kappa shape index (κ2) is 5.00. The van der Waals surface area contributed by atoms with Crippen LogP contribution in [-0.2, 0) is 0 Å². The van der Waals surface area contributed by atoms with Crippen molar-refractivity contribution < 1.29 is 9.18 Å². The van der Waals surface area contributed by atoms with Gasteiger partial charge in [0.15, 0.2) is 5.78 Å². The molecule has 0 heterocycles. The lowest BCUT2D eigenvalue weighted by Crippen LogP contribution is -2.27. The average Bonchev–Trinajstić information content (AvgIpc) is 2.83. The first-order valence-corrected chi connectivity index (χ1v) is 6.88. The Balaban J connectivity index is 2.42. The number of rotatable bonds is 3. The quantitative estimate of drug-likeness (QED) is 0.710. The number of aryl methyl sites for hydroxylation is 1. The number of hydrogen-bond acceptors (Lipinski definition) is 1. The van der Waals surface area contributed by atoms with Gasteiger partial charge in [0.25, 0.3) is 0 Å². The second-order valence-corrected chi connectivity index (χ2v) is 5.66. The van der Waals surface area contributed by atoms with Crippen molar-refractivity contribution in [1.29, 1.82) is 0 Å². The van der Waals surface area contributed by atoms with Gasteiger partial charge in [-0.15, -0.1) is 0 Å². The fraction of sp³-hybridized carbons (Fsp3) is 0.533. The van der Waals surface area contributed by atoms with Crippen LogP contribution < -0.4 is 0 Å². The first-order chi connectivity index (χ1) is 8.50. The Bertz CT molecular complexity index is 476. The molecule has 3 heteroatoms. The Labute approximate surface area is 112 Å². The fourth-order valence-corrected chi connectivity index (χ4v) is 3.15. The summed E-state index contributed by atoms with van der Waals surface area (Å²) in [6, 6.07) is 2.85. The van der Waals surface area contributed by atoms with E-state index in [1.807, 2.05) is 6.92 Å². The van der Waals surface area contributed by atoms with Gasteiger partial charge >= 0.3 is 0 Å². The van der Waals surface area contributed by atoms with Crippen LogP contribution in [0.5, 0.6) is 0 Å². The van der Waals surface area contributed by atoms with E-state index in [1.54, 1.807) is 13.0 Å². The van der Waals surface area contributed by atoms with Crippen LogP contribution in [-0.4, -0.2) is 5.78 Å². The SMILES string of the molecule is CCC1(C(=O)c2cc(C)c(F)cc2Cl)CCCC1. The van der Waals surface area contributed by atoms with Crippen LogP contribution in [0.1, 0.15) is 54.9 Å². The van der Waals surface area contributed by atoms with Gasteiger partial charge in [-0.2, -0.15) is 0 Å². The zero-order valence-corrected chi connectivity index (χ0v) is 11.6. The largest absolute Gasteiger partial charge is 0.294 e. The van der Waals surface area contributed by atoms with Gasteiger partial charge in [-0.05, 0) is 43.9 Å². The predicted octanol–water partition coefficient (Wildman–Crippen LogP) is 4.94. The van der Waals surface area contributed by atoms with E-state index in [2.05, 4.69) is 0 Å². The van der Waals surface area contributed by atoms with Crippen molar-refractivity contribution in [2.75, 3.05) is 0 Å². The molecule has 0 radical (unpaired) electrons. The Hall–Kier alpha value is -0.890. The van der Waals surface area contributed by atoms with Gasteiger partial charge in [-0.1, -0.05) is 31.4 Å². The number of carbonyl (C=O) groups is 1. The summed E-state index contributed by atoms with van der Waals surface area (Å²) in [6.45, 7) is 3.71. The molecule has 0 aliphatic heterocycles. The van der Waals surface area contributed by atoms with Crippen LogP contribution in [0.4, 0.5) is 4.39 Å². The Morgan fingerprint density at radius 3 is 2.56 bits per heavy atom. The van der Waals surface area contributed by atoms with E-state index in [4.69, 9.17) is 11.6 Å². The molecule has 0 spiro atoms.